The smallest absolute Gasteiger partial charge is 0.138 e. The number of piperidine rings is 1. The van der Waals surface area contributed by atoms with Gasteiger partial charge in [-0.25, -0.2) is 0 Å². The van der Waals surface area contributed by atoms with E-state index >= 15 is 0 Å². The van der Waals surface area contributed by atoms with Crippen molar-refractivity contribution in [1.29, 1.82) is 0 Å². The fourth-order valence-corrected chi connectivity index (χ4v) is 4.05. The number of H-pyrrole nitrogens is 1. The fraction of sp³-hybridized carbons (Fsp3) is 0.500. The number of methoxy groups -OCH3 is 1. The largest absolute Gasteiger partial charge is 0.495 e. The van der Waals surface area contributed by atoms with Crippen LogP contribution in [0.15, 0.2) is 12.1 Å². The van der Waals surface area contributed by atoms with Gasteiger partial charge in [-0.15, -0.1) is 0 Å². The maximum atomic E-state index is 6.25. The van der Waals surface area contributed by atoms with Gasteiger partial charge < -0.3 is 14.6 Å². The van der Waals surface area contributed by atoms with Crippen molar-refractivity contribution in [3.8, 4) is 5.75 Å². The predicted molar refractivity (Wildman–Crippen MR) is 82.0 cm³/mol. The van der Waals surface area contributed by atoms with E-state index < -0.39 is 0 Å². The van der Waals surface area contributed by atoms with Gasteiger partial charge in [-0.3, -0.25) is 0 Å². The average Bonchev–Trinajstić information content (AvgIpc) is 2.76. The first-order chi connectivity index (χ1) is 9.76. The van der Waals surface area contributed by atoms with E-state index in [9.17, 15) is 0 Å². The Morgan fingerprint density at radius 2 is 2.25 bits per heavy atom. The normalized spacial score (nSPS) is 25.3. The maximum absolute atomic E-state index is 6.25. The Labute approximate surface area is 123 Å². The van der Waals surface area contributed by atoms with E-state index in [4.69, 9.17) is 16.3 Å². The number of aromatic nitrogens is 1. The number of fused-ring (bicyclic) bond motifs is 6. The third-order valence-corrected chi connectivity index (χ3v) is 5.10. The Morgan fingerprint density at radius 1 is 1.35 bits per heavy atom. The highest BCUT2D eigenvalue weighted by Crippen LogP contribution is 2.39. The van der Waals surface area contributed by atoms with E-state index in [1.54, 1.807) is 7.11 Å². The standard InChI is InChI=1S/C16H19ClN2O/c1-20-15-7-12-11-4-6-19-5-2-3-10(9-19)16(11)18-14(12)8-13(15)17/h7-8,10,18H,2-6,9H2,1H3. The minimum Gasteiger partial charge on any atom is -0.495 e. The van der Waals surface area contributed by atoms with E-state index in [0.29, 0.717) is 10.9 Å². The van der Waals surface area contributed by atoms with Crippen LogP contribution in [-0.2, 0) is 6.42 Å². The van der Waals surface area contributed by atoms with Crippen LogP contribution in [0.3, 0.4) is 0 Å². The molecule has 1 fully saturated rings. The number of rotatable bonds is 1. The molecule has 2 unspecified atom stereocenters. The van der Waals surface area contributed by atoms with Crippen molar-refractivity contribution in [2.75, 3.05) is 26.7 Å². The Bertz CT molecular complexity index is 664. The maximum Gasteiger partial charge on any atom is 0.138 e. The van der Waals surface area contributed by atoms with Crippen molar-refractivity contribution in [2.24, 2.45) is 0 Å². The lowest BCUT2D eigenvalue weighted by Crippen LogP contribution is -2.33. The molecule has 4 rings (SSSR count). The highest BCUT2D eigenvalue weighted by Gasteiger charge is 2.29. The van der Waals surface area contributed by atoms with Crippen LogP contribution in [0.1, 0.15) is 30.0 Å². The third kappa shape index (κ3) is 1.84. The van der Waals surface area contributed by atoms with E-state index in [2.05, 4.69) is 16.0 Å². The molecule has 1 N–H and O–H groups in total. The summed E-state index contributed by atoms with van der Waals surface area (Å²) in [6.45, 7) is 3.62. The number of hydrogen-bond acceptors (Lipinski definition) is 2. The number of hydrogen-bond donors (Lipinski definition) is 1. The van der Waals surface area contributed by atoms with Crippen LogP contribution in [0.25, 0.3) is 10.9 Å². The molecule has 2 aliphatic rings. The number of halogens is 1. The molecule has 2 bridgehead atoms. The zero-order chi connectivity index (χ0) is 13.7. The van der Waals surface area contributed by atoms with Gasteiger partial charge in [-0.2, -0.15) is 0 Å². The molecule has 0 aliphatic carbocycles. The molecule has 2 atom stereocenters. The van der Waals surface area contributed by atoms with Crippen LogP contribution in [0.2, 0.25) is 5.02 Å². The van der Waals surface area contributed by atoms with Crippen molar-refractivity contribution in [3.05, 3.63) is 28.4 Å². The summed E-state index contributed by atoms with van der Waals surface area (Å²) in [6, 6.07) is 4.10. The zero-order valence-electron chi connectivity index (χ0n) is 11.7. The Morgan fingerprint density at radius 3 is 3.10 bits per heavy atom. The van der Waals surface area contributed by atoms with Crippen LogP contribution in [0.4, 0.5) is 0 Å². The lowest BCUT2D eigenvalue weighted by atomic mass is 9.93. The first-order valence-corrected chi connectivity index (χ1v) is 7.74. The summed E-state index contributed by atoms with van der Waals surface area (Å²) in [6.07, 6.45) is 3.72. The minimum absolute atomic E-state index is 0.651. The number of benzene rings is 1. The molecule has 2 aliphatic heterocycles. The molecule has 0 radical (unpaired) electrons. The van der Waals surface area contributed by atoms with E-state index in [1.165, 1.54) is 49.1 Å². The lowest BCUT2D eigenvalue weighted by molar-refractivity contribution is 0.217. The Hall–Kier alpha value is -1.19. The van der Waals surface area contributed by atoms with Gasteiger partial charge in [0.1, 0.15) is 5.75 Å². The van der Waals surface area contributed by atoms with Gasteiger partial charge in [0.15, 0.2) is 0 Å². The first-order valence-electron chi connectivity index (χ1n) is 7.36. The second kappa shape index (κ2) is 4.68. The average molecular weight is 291 g/mol. The monoisotopic (exact) mass is 290 g/mol. The van der Waals surface area contributed by atoms with Crippen molar-refractivity contribution in [3.63, 3.8) is 0 Å². The van der Waals surface area contributed by atoms with Crippen molar-refractivity contribution in [1.82, 2.24) is 9.88 Å². The van der Waals surface area contributed by atoms with Gasteiger partial charge in [-0.05, 0) is 43.5 Å². The lowest BCUT2D eigenvalue weighted by Gasteiger charge is -2.29. The quantitative estimate of drug-likeness (QED) is 0.870. The third-order valence-electron chi connectivity index (χ3n) is 4.80. The fourth-order valence-electron chi connectivity index (χ4n) is 3.81. The summed E-state index contributed by atoms with van der Waals surface area (Å²) in [5.41, 5.74) is 4.07. The zero-order valence-corrected chi connectivity index (χ0v) is 12.5. The second-order valence-corrected chi connectivity index (χ2v) is 6.35. The van der Waals surface area contributed by atoms with Gasteiger partial charge in [0.05, 0.1) is 12.1 Å². The predicted octanol–water partition coefficient (Wildman–Crippen LogP) is 3.57. The van der Waals surface area contributed by atoms with Gasteiger partial charge in [-0.1, -0.05) is 11.6 Å². The molecule has 20 heavy (non-hydrogen) atoms. The molecular formula is C16H19ClN2O. The van der Waals surface area contributed by atoms with Crippen LogP contribution in [0.5, 0.6) is 5.75 Å². The Kier molecular flexibility index (Phi) is 2.93. The number of ether oxygens (including phenoxy) is 1. The summed E-state index contributed by atoms with van der Waals surface area (Å²) in [4.78, 5) is 6.24. The number of aromatic amines is 1. The minimum atomic E-state index is 0.651. The summed E-state index contributed by atoms with van der Waals surface area (Å²) < 4.78 is 5.38. The molecular weight excluding hydrogens is 272 g/mol. The molecule has 1 aromatic heterocycles. The molecule has 106 valence electrons. The molecule has 0 amide bonds. The topological polar surface area (TPSA) is 28.3 Å². The summed E-state index contributed by atoms with van der Waals surface area (Å²) in [5.74, 6) is 1.42. The molecule has 0 spiro atoms. The van der Waals surface area contributed by atoms with Gasteiger partial charge in [0, 0.05) is 35.6 Å². The summed E-state index contributed by atoms with van der Waals surface area (Å²) in [7, 11) is 1.68. The van der Waals surface area contributed by atoms with Crippen LogP contribution >= 0.6 is 11.6 Å². The molecule has 3 heterocycles. The highest BCUT2D eigenvalue weighted by atomic mass is 35.5. The second-order valence-electron chi connectivity index (χ2n) is 5.94. The van der Waals surface area contributed by atoms with Crippen LogP contribution in [-0.4, -0.2) is 36.6 Å². The molecule has 3 nitrogen and oxygen atoms in total. The van der Waals surface area contributed by atoms with Crippen LogP contribution in [0, 0.1) is 0 Å². The molecule has 4 heteroatoms. The van der Waals surface area contributed by atoms with Crippen molar-refractivity contribution in [2.45, 2.75) is 25.2 Å². The van der Waals surface area contributed by atoms with E-state index in [1.807, 2.05) is 6.07 Å². The van der Waals surface area contributed by atoms with Gasteiger partial charge in [0.2, 0.25) is 0 Å². The molecule has 0 saturated carbocycles. The highest BCUT2D eigenvalue weighted by molar-refractivity contribution is 6.32. The molecule has 1 saturated heterocycles. The van der Waals surface area contributed by atoms with E-state index in [-0.39, 0.29) is 0 Å². The number of nitrogens with zero attached hydrogens (tertiary/aromatic N) is 1. The number of nitrogens with one attached hydrogen (secondary N) is 1. The SMILES string of the molecule is COc1cc2c3c([nH]c2cc1Cl)C1CCCN(CC3)C1. The van der Waals surface area contributed by atoms with Crippen molar-refractivity contribution >= 4 is 22.5 Å². The first kappa shape index (κ1) is 12.5. The molecule has 2 aromatic rings. The summed E-state index contributed by atoms with van der Waals surface area (Å²) in [5, 5.41) is 1.97. The Balaban J connectivity index is 1.90. The van der Waals surface area contributed by atoms with Gasteiger partial charge in [0.25, 0.3) is 0 Å². The summed E-state index contributed by atoms with van der Waals surface area (Å²) >= 11 is 6.25. The van der Waals surface area contributed by atoms with Gasteiger partial charge >= 0.3 is 0 Å². The molecule has 1 aromatic carbocycles. The van der Waals surface area contributed by atoms with Crippen LogP contribution < -0.4 is 4.74 Å². The van der Waals surface area contributed by atoms with E-state index in [0.717, 1.165) is 17.7 Å². The van der Waals surface area contributed by atoms with Crippen molar-refractivity contribution < 1.29 is 4.74 Å².